The zero-order chi connectivity index (χ0) is 9.47. The zero-order valence-corrected chi connectivity index (χ0v) is 7.88. The van der Waals surface area contributed by atoms with Crippen LogP contribution in [-0.2, 0) is 9.53 Å². The van der Waals surface area contributed by atoms with Crippen LogP contribution < -0.4 is 5.73 Å². The van der Waals surface area contributed by atoms with Gasteiger partial charge in [-0.3, -0.25) is 4.79 Å². The van der Waals surface area contributed by atoms with E-state index in [1.54, 1.807) is 13.2 Å². The summed E-state index contributed by atoms with van der Waals surface area (Å²) in [5.41, 5.74) is 6.27. The first-order chi connectivity index (χ1) is 6.19. The van der Waals surface area contributed by atoms with Crippen molar-refractivity contribution >= 4 is 5.78 Å². The molecule has 0 unspecified atom stereocenters. The third-order valence-electron chi connectivity index (χ3n) is 3.43. The Balaban J connectivity index is 2.06. The number of hydrogen-bond donors (Lipinski definition) is 1. The van der Waals surface area contributed by atoms with Gasteiger partial charge < -0.3 is 10.5 Å². The van der Waals surface area contributed by atoms with Gasteiger partial charge in [-0.15, -0.1) is 0 Å². The maximum absolute atomic E-state index is 11.4. The number of carbonyl (C=O) groups excluding carboxylic acids is 1. The zero-order valence-electron chi connectivity index (χ0n) is 7.88. The average Bonchev–Trinajstić information content (AvgIpc) is 2.18. The molecule has 0 aromatic carbocycles. The molecule has 2 aliphatic carbocycles. The van der Waals surface area contributed by atoms with E-state index in [0.717, 1.165) is 31.4 Å². The van der Waals surface area contributed by atoms with Gasteiger partial charge in [0.2, 0.25) is 0 Å². The number of methoxy groups -OCH3 is 1. The summed E-state index contributed by atoms with van der Waals surface area (Å²) in [7, 11) is 1.73. The first-order valence-electron chi connectivity index (χ1n) is 4.74. The Labute approximate surface area is 77.9 Å². The van der Waals surface area contributed by atoms with Crippen molar-refractivity contribution in [2.75, 3.05) is 7.11 Å². The molecular weight excluding hydrogens is 166 g/mol. The second-order valence-electron chi connectivity index (χ2n) is 3.98. The molecule has 0 saturated heterocycles. The van der Waals surface area contributed by atoms with Gasteiger partial charge in [-0.2, -0.15) is 0 Å². The lowest BCUT2D eigenvalue weighted by Crippen LogP contribution is -2.47. The molecule has 13 heavy (non-hydrogen) atoms. The van der Waals surface area contributed by atoms with E-state index in [1.807, 2.05) is 0 Å². The van der Waals surface area contributed by atoms with Crippen LogP contribution in [0.1, 0.15) is 25.7 Å². The van der Waals surface area contributed by atoms with Crippen LogP contribution in [0.15, 0.2) is 11.8 Å². The van der Waals surface area contributed by atoms with E-state index < -0.39 is 0 Å². The largest absolute Gasteiger partial charge is 0.401 e. The number of ketones is 1. The molecule has 72 valence electrons. The lowest BCUT2D eigenvalue weighted by atomic mass is 9.62. The molecule has 0 aromatic rings. The van der Waals surface area contributed by atoms with Gasteiger partial charge >= 0.3 is 0 Å². The Morgan fingerprint density at radius 2 is 2.15 bits per heavy atom. The highest BCUT2D eigenvalue weighted by atomic mass is 16.5. The first kappa shape index (κ1) is 8.75. The molecule has 0 heterocycles. The highest BCUT2D eigenvalue weighted by Crippen LogP contribution is 2.47. The fraction of sp³-hybridized carbons (Fsp3) is 0.700. The topological polar surface area (TPSA) is 52.3 Å². The normalized spacial score (nSPS) is 38.7. The van der Waals surface area contributed by atoms with Crippen molar-refractivity contribution in [1.82, 2.24) is 0 Å². The second-order valence-corrected chi connectivity index (χ2v) is 3.98. The van der Waals surface area contributed by atoms with E-state index in [-0.39, 0.29) is 11.2 Å². The van der Waals surface area contributed by atoms with Crippen molar-refractivity contribution in [3.63, 3.8) is 0 Å². The first-order valence-corrected chi connectivity index (χ1v) is 4.74. The molecule has 3 nitrogen and oxygen atoms in total. The lowest BCUT2D eigenvalue weighted by Gasteiger charge is -2.43. The van der Waals surface area contributed by atoms with E-state index in [1.165, 1.54) is 0 Å². The summed E-state index contributed by atoms with van der Waals surface area (Å²) in [4.78, 5) is 11.4. The maximum atomic E-state index is 11.4. The highest BCUT2D eigenvalue weighted by Gasteiger charge is 2.48. The van der Waals surface area contributed by atoms with Crippen molar-refractivity contribution in [2.45, 2.75) is 31.8 Å². The SMILES string of the molecule is COC1CCC2(CC1)C(=O)C=C2N. The second kappa shape index (κ2) is 2.84. The molecule has 1 saturated carbocycles. The number of carbonyl (C=O) groups is 1. The van der Waals surface area contributed by atoms with Gasteiger partial charge in [0.25, 0.3) is 0 Å². The predicted octanol–water partition coefficient (Wildman–Crippen LogP) is 0.987. The number of nitrogens with two attached hydrogens (primary N) is 1. The number of hydrogen-bond acceptors (Lipinski definition) is 3. The maximum Gasteiger partial charge on any atom is 0.169 e. The van der Waals surface area contributed by atoms with Crippen LogP contribution in [-0.4, -0.2) is 19.0 Å². The molecule has 1 fully saturated rings. The van der Waals surface area contributed by atoms with Crippen molar-refractivity contribution in [1.29, 1.82) is 0 Å². The Hall–Kier alpha value is -0.830. The minimum atomic E-state index is -0.283. The summed E-state index contributed by atoms with van der Waals surface area (Å²) in [5, 5.41) is 0. The molecule has 2 N–H and O–H groups in total. The molecule has 0 aliphatic heterocycles. The number of rotatable bonds is 1. The smallest absolute Gasteiger partial charge is 0.169 e. The standard InChI is InChI=1S/C10H15NO2/c1-13-7-2-4-10(5-3-7)8(11)6-9(10)12/h6-7H,2-5,11H2,1H3. The summed E-state index contributed by atoms with van der Waals surface area (Å²) in [6.45, 7) is 0. The molecule has 0 bridgehead atoms. The summed E-state index contributed by atoms with van der Waals surface area (Å²) in [6, 6.07) is 0. The molecule has 2 rings (SSSR count). The predicted molar refractivity (Wildman–Crippen MR) is 49.0 cm³/mol. The Morgan fingerprint density at radius 3 is 2.54 bits per heavy atom. The summed E-state index contributed by atoms with van der Waals surface area (Å²) in [5.74, 6) is 0.222. The van der Waals surface area contributed by atoms with Crippen LogP contribution >= 0.6 is 0 Å². The van der Waals surface area contributed by atoms with Crippen molar-refractivity contribution in [3.05, 3.63) is 11.8 Å². The molecule has 3 heteroatoms. The monoisotopic (exact) mass is 181 g/mol. The Morgan fingerprint density at radius 1 is 1.54 bits per heavy atom. The third kappa shape index (κ3) is 1.10. The van der Waals surface area contributed by atoms with Gasteiger partial charge in [0.1, 0.15) is 0 Å². The van der Waals surface area contributed by atoms with E-state index in [4.69, 9.17) is 10.5 Å². The molecule has 0 atom stereocenters. The Bertz CT molecular complexity index is 262. The van der Waals surface area contributed by atoms with E-state index >= 15 is 0 Å². The number of ether oxygens (including phenoxy) is 1. The van der Waals surface area contributed by atoms with Crippen LogP contribution in [0.3, 0.4) is 0 Å². The van der Waals surface area contributed by atoms with Gasteiger partial charge in [0, 0.05) is 18.9 Å². The van der Waals surface area contributed by atoms with Crippen LogP contribution in [0.25, 0.3) is 0 Å². The third-order valence-corrected chi connectivity index (χ3v) is 3.43. The molecule has 2 aliphatic rings. The van der Waals surface area contributed by atoms with Crippen LogP contribution in [0.5, 0.6) is 0 Å². The quantitative estimate of drug-likeness (QED) is 0.656. The average molecular weight is 181 g/mol. The molecule has 0 amide bonds. The van der Waals surface area contributed by atoms with Gasteiger partial charge in [0.15, 0.2) is 5.78 Å². The van der Waals surface area contributed by atoms with Crippen LogP contribution in [0, 0.1) is 5.41 Å². The summed E-state index contributed by atoms with van der Waals surface area (Å²) in [6.07, 6.45) is 5.53. The van der Waals surface area contributed by atoms with Gasteiger partial charge in [-0.1, -0.05) is 0 Å². The van der Waals surface area contributed by atoms with E-state index in [0.29, 0.717) is 6.10 Å². The summed E-state index contributed by atoms with van der Waals surface area (Å²) < 4.78 is 5.25. The van der Waals surface area contributed by atoms with Crippen molar-refractivity contribution in [3.8, 4) is 0 Å². The summed E-state index contributed by atoms with van der Waals surface area (Å²) >= 11 is 0. The van der Waals surface area contributed by atoms with Crippen LogP contribution in [0.2, 0.25) is 0 Å². The minimum absolute atomic E-state index is 0.222. The van der Waals surface area contributed by atoms with Gasteiger partial charge in [-0.25, -0.2) is 0 Å². The van der Waals surface area contributed by atoms with Gasteiger partial charge in [0.05, 0.1) is 11.5 Å². The lowest BCUT2D eigenvalue weighted by molar-refractivity contribution is -0.127. The number of allylic oxidation sites excluding steroid dienone is 2. The van der Waals surface area contributed by atoms with E-state index in [9.17, 15) is 4.79 Å². The van der Waals surface area contributed by atoms with Crippen molar-refractivity contribution < 1.29 is 9.53 Å². The minimum Gasteiger partial charge on any atom is -0.401 e. The molecule has 0 radical (unpaired) electrons. The van der Waals surface area contributed by atoms with Crippen molar-refractivity contribution in [2.24, 2.45) is 11.1 Å². The molecule has 0 aromatic heterocycles. The fourth-order valence-corrected chi connectivity index (χ4v) is 2.34. The fourth-order valence-electron chi connectivity index (χ4n) is 2.34. The van der Waals surface area contributed by atoms with Gasteiger partial charge in [-0.05, 0) is 25.7 Å². The highest BCUT2D eigenvalue weighted by molar-refractivity contribution is 6.04. The van der Waals surface area contributed by atoms with E-state index in [2.05, 4.69) is 0 Å². The molecular formula is C10H15NO2. The Kier molecular flexibility index (Phi) is 1.91. The van der Waals surface area contributed by atoms with Crippen LogP contribution in [0.4, 0.5) is 0 Å². The molecule has 1 spiro atoms.